The zero-order valence-electron chi connectivity index (χ0n) is 6.60. The van der Waals surface area contributed by atoms with Crippen molar-refractivity contribution in [3.63, 3.8) is 0 Å². The third-order valence-electron chi connectivity index (χ3n) is 1.38. The lowest BCUT2D eigenvalue weighted by molar-refractivity contribution is 0.0740. The summed E-state index contributed by atoms with van der Waals surface area (Å²) in [6, 6.07) is 0. The Labute approximate surface area is 61.5 Å². The van der Waals surface area contributed by atoms with E-state index >= 15 is 0 Å². The van der Waals surface area contributed by atoms with Crippen molar-refractivity contribution in [1.82, 2.24) is 0 Å². The average molecular weight is 140 g/mol. The van der Waals surface area contributed by atoms with Crippen LogP contribution in [-0.4, -0.2) is 25.4 Å². The minimum absolute atomic E-state index is 0.175. The average Bonchev–Trinajstić information content (AvgIpc) is 2.66. The van der Waals surface area contributed by atoms with Crippen LogP contribution in [0.15, 0.2) is 0 Å². The maximum atomic E-state index is 5.09. The van der Waals surface area contributed by atoms with E-state index in [4.69, 9.17) is 9.47 Å². The van der Waals surface area contributed by atoms with E-state index in [1.54, 1.807) is 7.11 Å². The van der Waals surface area contributed by atoms with E-state index < -0.39 is 0 Å². The van der Waals surface area contributed by atoms with Crippen molar-refractivity contribution in [2.75, 3.05) is 13.7 Å². The standard InChI is InChI=1S/C8H12O2/c1-8(2,9-3)5-4-7-6-10-7/h7H,6H2,1-3H3. The van der Waals surface area contributed by atoms with Crippen molar-refractivity contribution in [1.29, 1.82) is 0 Å². The van der Waals surface area contributed by atoms with Crippen LogP contribution in [0.3, 0.4) is 0 Å². The maximum Gasteiger partial charge on any atom is 0.141 e. The molecule has 0 aromatic rings. The molecule has 0 radical (unpaired) electrons. The number of epoxide rings is 1. The van der Waals surface area contributed by atoms with Gasteiger partial charge in [0.2, 0.25) is 0 Å². The number of methoxy groups -OCH3 is 1. The molecule has 0 N–H and O–H groups in total. The highest BCUT2D eigenvalue weighted by atomic mass is 16.6. The van der Waals surface area contributed by atoms with Crippen molar-refractivity contribution in [3.8, 4) is 11.8 Å². The Morgan fingerprint density at radius 3 is 2.60 bits per heavy atom. The topological polar surface area (TPSA) is 21.8 Å². The van der Waals surface area contributed by atoms with Crippen LogP contribution in [0.5, 0.6) is 0 Å². The molecule has 1 heterocycles. The minimum Gasteiger partial charge on any atom is -0.366 e. The van der Waals surface area contributed by atoms with Crippen molar-refractivity contribution in [2.45, 2.75) is 25.6 Å². The van der Waals surface area contributed by atoms with Crippen molar-refractivity contribution >= 4 is 0 Å². The number of rotatable bonds is 1. The molecule has 2 heteroatoms. The summed E-state index contributed by atoms with van der Waals surface area (Å²) in [5.41, 5.74) is -0.327. The van der Waals surface area contributed by atoms with E-state index in [0.717, 1.165) is 6.61 Å². The first-order valence-corrected chi connectivity index (χ1v) is 3.33. The number of hydrogen-bond acceptors (Lipinski definition) is 2. The molecule has 2 nitrogen and oxygen atoms in total. The van der Waals surface area contributed by atoms with E-state index in [9.17, 15) is 0 Å². The Balaban J connectivity index is 2.42. The molecule has 0 saturated carbocycles. The molecule has 56 valence electrons. The van der Waals surface area contributed by atoms with E-state index in [2.05, 4.69) is 11.8 Å². The van der Waals surface area contributed by atoms with Gasteiger partial charge in [0.1, 0.15) is 11.7 Å². The highest BCUT2D eigenvalue weighted by Crippen LogP contribution is 2.09. The molecule has 1 saturated heterocycles. The third kappa shape index (κ3) is 2.38. The van der Waals surface area contributed by atoms with Crippen molar-refractivity contribution in [2.24, 2.45) is 0 Å². The van der Waals surface area contributed by atoms with E-state index in [0.29, 0.717) is 0 Å². The number of hydrogen-bond donors (Lipinski definition) is 0. The van der Waals surface area contributed by atoms with Gasteiger partial charge < -0.3 is 9.47 Å². The van der Waals surface area contributed by atoms with Gasteiger partial charge in [-0.2, -0.15) is 0 Å². The molecule has 0 aromatic heterocycles. The first-order chi connectivity index (χ1) is 4.64. The molecule has 1 atom stereocenters. The Hall–Kier alpha value is -0.520. The van der Waals surface area contributed by atoms with Gasteiger partial charge in [-0.25, -0.2) is 0 Å². The molecule has 1 rings (SSSR count). The SMILES string of the molecule is COC(C)(C)C#CC1CO1. The van der Waals surface area contributed by atoms with E-state index in [1.807, 2.05) is 13.8 Å². The second-order valence-corrected chi connectivity index (χ2v) is 2.81. The Morgan fingerprint density at radius 1 is 1.60 bits per heavy atom. The van der Waals surface area contributed by atoms with Gasteiger partial charge in [0.05, 0.1) is 6.61 Å². The predicted molar refractivity (Wildman–Crippen MR) is 38.6 cm³/mol. The van der Waals surface area contributed by atoms with Crippen LogP contribution < -0.4 is 0 Å². The fourth-order valence-corrected chi connectivity index (χ4v) is 0.437. The molecule has 1 unspecified atom stereocenters. The molecular formula is C8H12O2. The molecule has 0 spiro atoms. The van der Waals surface area contributed by atoms with Crippen molar-refractivity contribution < 1.29 is 9.47 Å². The summed E-state index contributed by atoms with van der Waals surface area (Å²) < 4.78 is 10.0. The van der Waals surface area contributed by atoms with Crippen LogP contribution in [0.2, 0.25) is 0 Å². The van der Waals surface area contributed by atoms with Gasteiger partial charge in [0.15, 0.2) is 0 Å². The van der Waals surface area contributed by atoms with Crippen LogP contribution in [0.1, 0.15) is 13.8 Å². The summed E-state index contributed by atoms with van der Waals surface area (Å²) in [5.74, 6) is 5.92. The molecule has 1 aliphatic heterocycles. The molecule has 1 aliphatic rings. The quantitative estimate of drug-likeness (QED) is 0.397. The van der Waals surface area contributed by atoms with Gasteiger partial charge in [-0.1, -0.05) is 11.8 Å². The summed E-state index contributed by atoms with van der Waals surface area (Å²) in [7, 11) is 1.66. The maximum absolute atomic E-state index is 5.09. The third-order valence-corrected chi connectivity index (χ3v) is 1.38. The minimum atomic E-state index is -0.327. The summed E-state index contributed by atoms with van der Waals surface area (Å²) in [6.45, 7) is 4.65. The molecule has 0 aromatic carbocycles. The predicted octanol–water partition coefficient (Wildman–Crippen LogP) is 0.814. The Morgan fingerprint density at radius 2 is 2.20 bits per heavy atom. The van der Waals surface area contributed by atoms with Gasteiger partial charge in [0, 0.05) is 7.11 Å². The summed E-state index contributed by atoms with van der Waals surface area (Å²) in [6.07, 6.45) is 0.175. The zero-order valence-corrected chi connectivity index (χ0v) is 6.60. The van der Waals surface area contributed by atoms with Gasteiger partial charge in [-0.05, 0) is 13.8 Å². The van der Waals surface area contributed by atoms with E-state index in [-0.39, 0.29) is 11.7 Å². The lowest BCUT2D eigenvalue weighted by Gasteiger charge is -2.13. The highest BCUT2D eigenvalue weighted by Gasteiger charge is 2.20. The van der Waals surface area contributed by atoms with Crippen LogP contribution in [0.4, 0.5) is 0 Å². The number of ether oxygens (including phenoxy) is 2. The summed E-state index contributed by atoms with van der Waals surface area (Å²) >= 11 is 0. The Kier molecular flexibility index (Phi) is 1.98. The molecular weight excluding hydrogens is 128 g/mol. The summed E-state index contributed by atoms with van der Waals surface area (Å²) in [4.78, 5) is 0. The van der Waals surface area contributed by atoms with Crippen molar-refractivity contribution in [3.05, 3.63) is 0 Å². The monoisotopic (exact) mass is 140 g/mol. The van der Waals surface area contributed by atoms with Gasteiger partial charge in [-0.15, -0.1) is 0 Å². The Bertz CT molecular complexity index is 169. The first-order valence-electron chi connectivity index (χ1n) is 3.33. The second kappa shape index (κ2) is 2.61. The van der Waals surface area contributed by atoms with Crippen LogP contribution >= 0.6 is 0 Å². The zero-order chi connectivity index (χ0) is 7.61. The lowest BCUT2D eigenvalue weighted by Crippen LogP contribution is -2.19. The van der Waals surface area contributed by atoms with Gasteiger partial charge in [0.25, 0.3) is 0 Å². The van der Waals surface area contributed by atoms with Crippen LogP contribution in [-0.2, 0) is 9.47 Å². The van der Waals surface area contributed by atoms with Crippen LogP contribution in [0, 0.1) is 11.8 Å². The molecule has 0 bridgehead atoms. The van der Waals surface area contributed by atoms with Crippen LogP contribution in [0.25, 0.3) is 0 Å². The van der Waals surface area contributed by atoms with Gasteiger partial charge in [-0.3, -0.25) is 0 Å². The molecule has 0 amide bonds. The normalized spacial score (nSPS) is 23.3. The largest absolute Gasteiger partial charge is 0.366 e. The first kappa shape index (κ1) is 7.59. The molecule has 0 aliphatic carbocycles. The smallest absolute Gasteiger partial charge is 0.141 e. The summed E-state index contributed by atoms with van der Waals surface area (Å²) in [5, 5.41) is 0. The fraction of sp³-hybridized carbons (Fsp3) is 0.750. The molecule has 10 heavy (non-hydrogen) atoms. The van der Waals surface area contributed by atoms with E-state index in [1.165, 1.54) is 0 Å². The lowest BCUT2D eigenvalue weighted by atomic mass is 10.1. The fourth-order valence-electron chi connectivity index (χ4n) is 0.437. The highest BCUT2D eigenvalue weighted by molar-refractivity contribution is 5.17. The molecule has 1 fully saturated rings. The van der Waals surface area contributed by atoms with Gasteiger partial charge >= 0.3 is 0 Å². The second-order valence-electron chi connectivity index (χ2n) is 2.81.